The Labute approximate surface area is 205 Å². The molecule has 35 heavy (non-hydrogen) atoms. The van der Waals surface area contributed by atoms with Crippen molar-refractivity contribution in [2.24, 2.45) is 23.1 Å². The fraction of sp³-hybridized carbons (Fsp3) is 0.773. The number of nitrogens with one attached hydrogen (secondary N) is 3. The number of carboxylic acids is 2. The molecule has 0 radical (unpaired) electrons. The van der Waals surface area contributed by atoms with Crippen molar-refractivity contribution >= 4 is 29.7 Å². The van der Waals surface area contributed by atoms with Gasteiger partial charge in [0.2, 0.25) is 17.7 Å². The van der Waals surface area contributed by atoms with Gasteiger partial charge in [0.25, 0.3) is 0 Å². The molecule has 0 aromatic carbocycles. The Balaban J connectivity index is 5.52. The third-order valence-corrected chi connectivity index (χ3v) is 5.71. The summed E-state index contributed by atoms with van der Waals surface area (Å²) in [4.78, 5) is 61.0. The Kier molecular flexibility index (Phi) is 16.2. The molecule has 0 bridgehead atoms. The molecule has 0 aliphatic rings. The number of carbonyl (C=O) groups excluding carboxylic acids is 3. The highest BCUT2D eigenvalue weighted by atomic mass is 16.4. The molecular weight excluding hydrogens is 460 g/mol. The highest BCUT2D eigenvalue weighted by Gasteiger charge is 2.31. The second-order valence-electron chi connectivity index (χ2n) is 8.60. The van der Waals surface area contributed by atoms with Crippen LogP contribution in [0.25, 0.3) is 0 Å². The van der Waals surface area contributed by atoms with Crippen LogP contribution < -0.4 is 33.2 Å². The third kappa shape index (κ3) is 13.0. The van der Waals surface area contributed by atoms with E-state index in [0.717, 1.165) is 0 Å². The van der Waals surface area contributed by atoms with Crippen molar-refractivity contribution in [3.8, 4) is 0 Å². The first-order valence-electron chi connectivity index (χ1n) is 12.0. The molecule has 0 aromatic heterocycles. The predicted octanol–water partition coefficient (Wildman–Crippen LogP) is -1.37. The highest BCUT2D eigenvalue weighted by Crippen LogP contribution is 2.08. The fourth-order valence-electron chi connectivity index (χ4n) is 3.22. The van der Waals surface area contributed by atoms with E-state index in [1.165, 1.54) is 0 Å². The third-order valence-electron chi connectivity index (χ3n) is 5.71. The van der Waals surface area contributed by atoms with Crippen LogP contribution in [0.2, 0.25) is 0 Å². The van der Waals surface area contributed by atoms with Gasteiger partial charge in [-0.3, -0.25) is 19.2 Å². The standard InChI is InChI=1S/C22H42N6O7/c1-3-13(2)18(25)21(33)28-16(12-17(29)30)20(32)26-14(8-4-6-10-23)19(31)27-15(22(34)35)9-5-7-11-24/h13-16,18H,3-12,23-25H2,1-2H3,(H,26,32)(H,27,31)(H,28,33)(H,29,30)(H,34,35). The van der Waals surface area contributed by atoms with E-state index in [-0.39, 0.29) is 18.8 Å². The van der Waals surface area contributed by atoms with Crippen LogP contribution in [0.15, 0.2) is 0 Å². The molecule has 0 aliphatic heterocycles. The van der Waals surface area contributed by atoms with Crippen LogP contribution in [0, 0.1) is 5.92 Å². The monoisotopic (exact) mass is 502 g/mol. The number of hydrogen-bond donors (Lipinski definition) is 8. The largest absolute Gasteiger partial charge is 0.481 e. The van der Waals surface area contributed by atoms with Gasteiger partial charge < -0.3 is 43.4 Å². The second-order valence-corrected chi connectivity index (χ2v) is 8.60. The molecule has 0 spiro atoms. The van der Waals surface area contributed by atoms with Crippen LogP contribution in [0.4, 0.5) is 0 Å². The number of aliphatic carboxylic acids is 2. The minimum Gasteiger partial charge on any atom is -0.481 e. The Morgan fingerprint density at radius 3 is 1.66 bits per heavy atom. The molecule has 0 saturated carbocycles. The number of hydrogen-bond acceptors (Lipinski definition) is 8. The molecule has 0 heterocycles. The summed E-state index contributed by atoms with van der Waals surface area (Å²) in [6.45, 7) is 4.32. The van der Waals surface area contributed by atoms with Crippen molar-refractivity contribution in [3.63, 3.8) is 0 Å². The maximum absolute atomic E-state index is 12.9. The van der Waals surface area contributed by atoms with Crippen LogP contribution in [0.3, 0.4) is 0 Å². The molecule has 0 aliphatic carbocycles. The summed E-state index contributed by atoms with van der Waals surface area (Å²) >= 11 is 0. The zero-order chi connectivity index (χ0) is 27.0. The van der Waals surface area contributed by atoms with Crippen LogP contribution in [-0.4, -0.2) is 77.1 Å². The first kappa shape index (κ1) is 32.2. The molecule has 11 N–H and O–H groups in total. The lowest BCUT2D eigenvalue weighted by Gasteiger charge is -2.25. The highest BCUT2D eigenvalue weighted by molar-refractivity contribution is 5.95. The van der Waals surface area contributed by atoms with Crippen LogP contribution in [0.5, 0.6) is 0 Å². The van der Waals surface area contributed by atoms with Crippen molar-refractivity contribution in [2.75, 3.05) is 13.1 Å². The molecule has 0 fully saturated rings. The zero-order valence-electron chi connectivity index (χ0n) is 20.6. The number of unbranched alkanes of at least 4 members (excludes halogenated alkanes) is 2. The smallest absolute Gasteiger partial charge is 0.326 e. The van der Waals surface area contributed by atoms with Gasteiger partial charge in [0, 0.05) is 0 Å². The summed E-state index contributed by atoms with van der Waals surface area (Å²) < 4.78 is 0. The Bertz CT molecular complexity index is 706. The van der Waals surface area contributed by atoms with Gasteiger partial charge in [-0.2, -0.15) is 0 Å². The van der Waals surface area contributed by atoms with Gasteiger partial charge in [-0.05, 0) is 57.5 Å². The SMILES string of the molecule is CCC(C)C(N)C(=O)NC(CC(=O)O)C(=O)NC(CCCCN)C(=O)NC(CCCCN)C(=O)O. The summed E-state index contributed by atoms with van der Waals surface area (Å²) in [7, 11) is 0. The summed E-state index contributed by atoms with van der Waals surface area (Å²) in [5.41, 5.74) is 16.8. The minimum atomic E-state index is -1.47. The van der Waals surface area contributed by atoms with E-state index in [0.29, 0.717) is 45.2 Å². The lowest BCUT2D eigenvalue weighted by Crippen LogP contribution is -2.58. The van der Waals surface area contributed by atoms with Crippen LogP contribution in [-0.2, 0) is 24.0 Å². The van der Waals surface area contributed by atoms with Gasteiger partial charge >= 0.3 is 11.9 Å². The first-order valence-corrected chi connectivity index (χ1v) is 12.0. The quantitative estimate of drug-likeness (QED) is 0.0963. The normalized spacial score (nSPS) is 15.2. The maximum atomic E-state index is 12.9. The molecule has 5 atom stereocenters. The molecular formula is C22H42N6O7. The number of rotatable bonds is 19. The average Bonchev–Trinajstić information content (AvgIpc) is 2.80. The average molecular weight is 503 g/mol. The molecule has 0 aromatic rings. The van der Waals surface area contributed by atoms with Crippen molar-refractivity contribution in [1.29, 1.82) is 0 Å². The van der Waals surface area contributed by atoms with Gasteiger partial charge in [-0.15, -0.1) is 0 Å². The van der Waals surface area contributed by atoms with Gasteiger partial charge in [-0.25, -0.2) is 4.79 Å². The molecule has 202 valence electrons. The van der Waals surface area contributed by atoms with Gasteiger partial charge in [0.1, 0.15) is 18.1 Å². The van der Waals surface area contributed by atoms with Gasteiger partial charge in [0.05, 0.1) is 12.5 Å². The molecule has 5 unspecified atom stereocenters. The first-order chi connectivity index (χ1) is 16.5. The zero-order valence-corrected chi connectivity index (χ0v) is 20.6. The van der Waals surface area contributed by atoms with E-state index >= 15 is 0 Å². The Morgan fingerprint density at radius 1 is 0.743 bits per heavy atom. The summed E-state index contributed by atoms with van der Waals surface area (Å²) in [5.74, 6) is -5.07. The fourth-order valence-corrected chi connectivity index (χ4v) is 3.22. The van der Waals surface area contributed by atoms with E-state index in [4.69, 9.17) is 17.2 Å². The van der Waals surface area contributed by atoms with Gasteiger partial charge in [0.15, 0.2) is 0 Å². The van der Waals surface area contributed by atoms with Crippen LogP contribution in [0.1, 0.15) is 65.2 Å². The molecule has 3 amide bonds. The van der Waals surface area contributed by atoms with E-state index < -0.39 is 60.2 Å². The van der Waals surface area contributed by atoms with Gasteiger partial charge in [-0.1, -0.05) is 20.3 Å². The molecule has 0 saturated heterocycles. The van der Waals surface area contributed by atoms with Crippen molar-refractivity contribution in [2.45, 2.75) is 89.4 Å². The number of amides is 3. The summed E-state index contributed by atoms with van der Waals surface area (Å²) in [6, 6.07) is -4.75. The lowest BCUT2D eigenvalue weighted by molar-refractivity contribution is -0.143. The molecule has 13 heteroatoms. The van der Waals surface area contributed by atoms with E-state index in [2.05, 4.69) is 16.0 Å². The van der Waals surface area contributed by atoms with Crippen molar-refractivity contribution in [1.82, 2.24) is 16.0 Å². The van der Waals surface area contributed by atoms with Crippen molar-refractivity contribution < 1.29 is 34.2 Å². The van der Waals surface area contributed by atoms with E-state index in [9.17, 15) is 34.2 Å². The minimum absolute atomic E-state index is 0.143. The lowest BCUT2D eigenvalue weighted by atomic mass is 9.99. The topological polar surface area (TPSA) is 240 Å². The van der Waals surface area contributed by atoms with Crippen molar-refractivity contribution in [3.05, 3.63) is 0 Å². The van der Waals surface area contributed by atoms with Crippen LogP contribution >= 0.6 is 0 Å². The summed E-state index contributed by atoms with van der Waals surface area (Å²) in [5, 5.41) is 25.9. The number of carbonyl (C=O) groups is 5. The predicted molar refractivity (Wildman–Crippen MR) is 129 cm³/mol. The Morgan fingerprint density at radius 2 is 1.20 bits per heavy atom. The van der Waals surface area contributed by atoms with E-state index in [1.807, 2.05) is 6.92 Å². The molecule has 13 nitrogen and oxygen atoms in total. The van der Waals surface area contributed by atoms with E-state index in [1.54, 1.807) is 6.92 Å². The molecule has 0 rings (SSSR count). The summed E-state index contributed by atoms with van der Waals surface area (Å²) in [6.07, 6.45) is 2.26. The number of nitrogens with two attached hydrogens (primary N) is 3. The number of carboxylic acid groups (broad SMARTS) is 2. The Hall–Kier alpha value is -2.77. The second kappa shape index (κ2) is 17.6. The maximum Gasteiger partial charge on any atom is 0.326 e.